The number of nitrogens with one attached hydrogen (secondary N) is 1. The first-order valence-electron chi connectivity index (χ1n) is 7.13. The van der Waals surface area contributed by atoms with Crippen molar-refractivity contribution < 1.29 is 9.53 Å². The van der Waals surface area contributed by atoms with Crippen LogP contribution in [0.5, 0.6) is 0 Å². The fourth-order valence-corrected chi connectivity index (χ4v) is 2.11. The Kier molecular flexibility index (Phi) is 7.01. The summed E-state index contributed by atoms with van der Waals surface area (Å²) in [6.07, 6.45) is 6.18. The number of benzene rings is 1. The molecule has 1 aromatic rings. The average molecular weight is 263 g/mol. The largest absolute Gasteiger partial charge is 0.465 e. The molecule has 0 radical (unpaired) electrons. The molecule has 0 aliphatic carbocycles. The smallest absolute Gasteiger partial charge is 0.339 e. The molecule has 1 rings (SSSR count). The lowest BCUT2D eigenvalue weighted by atomic mass is 10.1. The van der Waals surface area contributed by atoms with Crippen molar-refractivity contribution in [2.24, 2.45) is 0 Å². The molecule has 19 heavy (non-hydrogen) atoms. The van der Waals surface area contributed by atoms with E-state index in [9.17, 15) is 4.79 Å². The van der Waals surface area contributed by atoms with Crippen LogP contribution in [0.4, 0.5) is 5.69 Å². The van der Waals surface area contributed by atoms with E-state index in [1.807, 2.05) is 18.2 Å². The molecule has 0 heterocycles. The van der Waals surface area contributed by atoms with Crippen molar-refractivity contribution in [2.75, 3.05) is 12.4 Å². The maximum atomic E-state index is 11.7. The van der Waals surface area contributed by atoms with Gasteiger partial charge >= 0.3 is 5.97 Å². The number of hydrogen-bond donors (Lipinski definition) is 1. The molecule has 0 spiro atoms. The number of rotatable bonds is 8. The highest BCUT2D eigenvalue weighted by atomic mass is 16.5. The molecule has 106 valence electrons. The summed E-state index contributed by atoms with van der Waals surface area (Å²) in [6, 6.07) is 7.86. The third-order valence-corrected chi connectivity index (χ3v) is 3.22. The second-order valence-electron chi connectivity index (χ2n) is 4.93. The standard InChI is InChI=1S/C16H25NO2/c1-4-5-6-7-10-13(2)17-15-12-9-8-11-14(15)16(18)19-3/h8-9,11-13,17H,4-7,10H2,1-3H3. The molecule has 3 nitrogen and oxygen atoms in total. The van der Waals surface area contributed by atoms with Crippen molar-refractivity contribution in [3.05, 3.63) is 29.8 Å². The highest BCUT2D eigenvalue weighted by Gasteiger charge is 2.12. The van der Waals surface area contributed by atoms with Crippen LogP contribution in [0.25, 0.3) is 0 Å². The summed E-state index contributed by atoms with van der Waals surface area (Å²) < 4.78 is 4.79. The van der Waals surface area contributed by atoms with Crippen LogP contribution in [0.1, 0.15) is 56.3 Å². The van der Waals surface area contributed by atoms with Crippen LogP contribution in [0.15, 0.2) is 24.3 Å². The Morgan fingerprint density at radius 1 is 1.26 bits per heavy atom. The SMILES string of the molecule is CCCCCCC(C)Nc1ccccc1C(=O)OC. The molecule has 0 aliphatic heterocycles. The molecule has 3 heteroatoms. The maximum absolute atomic E-state index is 11.7. The molecule has 1 aromatic carbocycles. The summed E-state index contributed by atoms with van der Waals surface area (Å²) in [5.41, 5.74) is 1.46. The number of para-hydroxylation sites is 1. The second kappa shape index (κ2) is 8.57. The number of unbranched alkanes of at least 4 members (excludes halogenated alkanes) is 3. The molecule has 1 unspecified atom stereocenters. The molecule has 1 N–H and O–H groups in total. The highest BCUT2D eigenvalue weighted by molar-refractivity contribution is 5.95. The highest BCUT2D eigenvalue weighted by Crippen LogP contribution is 2.18. The summed E-state index contributed by atoms with van der Waals surface area (Å²) in [6.45, 7) is 4.37. The maximum Gasteiger partial charge on any atom is 0.339 e. The van der Waals surface area contributed by atoms with Crippen molar-refractivity contribution in [1.29, 1.82) is 0 Å². The van der Waals surface area contributed by atoms with Gasteiger partial charge in [0, 0.05) is 11.7 Å². The van der Waals surface area contributed by atoms with Crippen molar-refractivity contribution >= 4 is 11.7 Å². The minimum atomic E-state index is -0.290. The molecular weight excluding hydrogens is 238 g/mol. The Labute approximate surface area is 116 Å². The van der Waals surface area contributed by atoms with E-state index in [0.29, 0.717) is 11.6 Å². The van der Waals surface area contributed by atoms with Gasteiger partial charge in [0.2, 0.25) is 0 Å². The van der Waals surface area contributed by atoms with Gasteiger partial charge in [0.05, 0.1) is 12.7 Å². The number of methoxy groups -OCH3 is 1. The van der Waals surface area contributed by atoms with Crippen LogP contribution < -0.4 is 5.32 Å². The third kappa shape index (κ3) is 5.33. The van der Waals surface area contributed by atoms with Crippen LogP contribution in [0, 0.1) is 0 Å². The van der Waals surface area contributed by atoms with E-state index in [2.05, 4.69) is 19.2 Å². The zero-order valence-electron chi connectivity index (χ0n) is 12.2. The fourth-order valence-electron chi connectivity index (χ4n) is 2.11. The van der Waals surface area contributed by atoms with Crippen LogP contribution in [-0.4, -0.2) is 19.1 Å². The van der Waals surface area contributed by atoms with E-state index in [1.54, 1.807) is 6.07 Å². The zero-order valence-corrected chi connectivity index (χ0v) is 12.2. The van der Waals surface area contributed by atoms with Crippen molar-refractivity contribution in [2.45, 2.75) is 52.0 Å². The minimum Gasteiger partial charge on any atom is -0.465 e. The van der Waals surface area contributed by atoms with Gasteiger partial charge < -0.3 is 10.1 Å². The molecule has 0 fully saturated rings. The van der Waals surface area contributed by atoms with Gasteiger partial charge in [-0.15, -0.1) is 0 Å². The van der Waals surface area contributed by atoms with E-state index in [0.717, 1.165) is 12.1 Å². The number of ether oxygens (including phenoxy) is 1. The minimum absolute atomic E-state index is 0.290. The van der Waals surface area contributed by atoms with Gasteiger partial charge in [-0.25, -0.2) is 4.79 Å². The number of carbonyl (C=O) groups excluding carboxylic acids is 1. The van der Waals surface area contributed by atoms with Crippen molar-refractivity contribution in [3.8, 4) is 0 Å². The van der Waals surface area contributed by atoms with Crippen molar-refractivity contribution in [3.63, 3.8) is 0 Å². The van der Waals surface area contributed by atoms with E-state index in [4.69, 9.17) is 4.74 Å². The van der Waals surface area contributed by atoms with E-state index in [1.165, 1.54) is 32.8 Å². The summed E-state index contributed by atoms with van der Waals surface area (Å²) in [4.78, 5) is 11.7. The molecule has 0 aromatic heterocycles. The quantitative estimate of drug-likeness (QED) is 0.563. The Balaban J connectivity index is 2.54. The Hall–Kier alpha value is -1.51. The number of esters is 1. The monoisotopic (exact) mass is 263 g/mol. The van der Waals surface area contributed by atoms with Crippen LogP contribution in [-0.2, 0) is 4.74 Å². The lowest BCUT2D eigenvalue weighted by molar-refractivity contribution is 0.0602. The van der Waals surface area contributed by atoms with E-state index >= 15 is 0 Å². The lowest BCUT2D eigenvalue weighted by Crippen LogP contribution is -2.17. The topological polar surface area (TPSA) is 38.3 Å². The Morgan fingerprint density at radius 2 is 2.00 bits per heavy atom. The average Bonchev–Trinajstić information content (AvgIpc) is 2.43. The lowest BCUT2D eigenvalue weighted by Gasteiger charge is -2.17. The third-order valence-electron chi connectivity index (χ3n) is 3.22. The predicted molar refractivity (Wildman–Crippen MR) is 79.6 cm³/mol. The summed E-state index contributed by atoms with van der Waals surface area (Å²) in [5, 5.41) is 3.40. The van der Waals surface area contributed by atoms with Gasteiger partial charge in [-0.05, 0) is 25.5 Å². The Bertz CT molecular complexity index is 390. The van der Waals surface area contributed by atoms with E-state index in [-0.39, 0.29) is 5.97 Å². The van der Waals surface area contributed by atoms with E-state index < -0.39 is 0 Å². The first-order valence-corrected chi connectivity index (χ1v) is 7.13. The van der Waals surface area contributed by atoms with Crippen LogP contribution >= 0.6 is 0 Å². The van der Waals surface area contributed by atoms with Gasteiger partial charge in [-0.2, -0.15) is 0 Å². The fraction of sp³-hybridized carbons (Fsp3) is 0.562. The van der Waals surface area contributed by atoms with Gasteiger partial charge in [-0.1, -0.05) is 44.7 Å². The first kappa shape index (κ1) is 15.5. The van der Waals surface area contributed by atoms with Gasteiger partial charge in [0.25, 0.3) is 0 Å². The molecule has 0 saturated carbocycles. The van der Waals surface area contributed by atoms with Gasteiger partial charge in [-0.3, -0.25) is 0 Å². The molecule has 0 aliphatic rings. The molecule has 0 bridgehead atoms. The number of anilines is 1. The normalized spacial score (nSPS) is 11.9. The first-order chi connectivity index (χ1) is 9.19. The number of carbonyl (C=O) groups is 1. The van der Waals surface area contributed by atoms with Gasteiger partial charge in [0.15, 0.2) is 0 Å². The second-order valence-corrected chi connectivity index (χ2v) is 4.93. The van der Waals surface area contributed by atoms with Crippen molar-refractivity contribution in [1.82, 2.24) is 0 Å². The molecule has 0 saturated heterocycles. The number of hydrogen-bond acceptors (Lipinski definition) is 3. The molecule has 0 amide bonds. The Morgan fingerprint density at radius 3 is 2.68 bits per heavy atom. The van der Waals surface area contributed by atoms with Gasteiger partial charge in [0.1, 0.15) is 0 Å². The summed E-state index contributed by atoms with van der Waals surface area (Å²) in [7, 11) is 1.41. The molecular formula is C16H25NO2. The zero-order chi connectivity index (χ0) is 14.1. The predicted octanol–water partition coefficient (Wildman–Crippen LogP) is 4.24. The van der Waals surface area contributed by atoms with Crippen LogP contribution in [0.2, 0.25) is 0 Å². The summed E-state index contributed by atoms with van der Waals surface area (Å²) >= 11 is 0. The summed E-state index contributed by atoms with van der Waals surface area (Å²) in [5.74, 6) is -0.290. The van der Waals surface area contributed by atoms with Crippen LogP contribution in [0.3, 0.4) is 0 Å². The molecule has 1 atom stereocenters.